The number of benzene rings is 1. The molecule has 6 nitrogen and oxygen atoms in total. The summed E-state index contributed by atoms with van der Waals surface area (Å²) in [5.74, 6) is -1.86. The first-order valence-corrected chi connectivity index (χ1v) is 6.18. The number of ketones is 1. The van der Waals surface area contributed by atoms with E-state index in [2.05, 4.69) is 25.9 Å². The lowest BCUT2D eigenvalue weighted by atomic mass is 10.0. The number of halogens is 1. The second-order valence-electron chi connectivity index (χ2n) is 3.73. The standard InChI is InChI=1S/C13H7BrN2O4/c14-12-10(16-9(5-15-12)13(19)20)11(18)8-4-2-1-3-7(8)6-17/h1-6H,(H,19,20). The molecule has 2 aromatic rings. The smallest absolute Gasteiger partial charge is 0.356 e. The summed E-state index contributed by atoms with van der Waals surface area (Å²) in [4.78, 5) is 41.6. The van der Waals surface area contributed by atoms with Gasteiger partial charge in [0, 0.05) is 11.1 Å². The summed E-state index contributed by atoms with van der Waals surface area (Å²) in [6.45, 7) is 0. The highest BCUT2D eigenvalue weighted by atomic mass is 79.9. The van der Waals surface area contributed by atoms with Crippen molar-refractivity contribution in [1.29, 1.82) is 0 Å². The molecule has 0 radical (unpaired) electrons. The van der Waals surface area contributed by atoms with Crippen LogP contribution in [0.5, 0.6) is 0 Å². The fraction of sp³-hybridized carbons (Fsp3) is 0. The minimum Gasteiger partial charge on any atom is -0.476 e. The molecule has 0 amide bonds. The van der Waals surface area contributed by atoms with Gasteiger partial charge in [0.1, 0.15) is 10.3 Å². The summed E-state index contributed by atoms with van der Waals surface area (Å²) in [7, 11) is 0. The average molecular weight is 335 g/mol. The van der Waals surface area contributed by atoms with E-state index in [4.69, 9.17) is 5.11 Å². The van der Waals surface area contributed by atoms with Gasteiger partial charge in [0.05, 0.1) is 6.20 Å². The largest absolute Gasteiger partial charge is 0.476 e. The number of carboxylic acids is 1. The first kappa shape index (κ1) is 14.0. The number of hydrogen-bond donors (Lipinski definition) is 1. The molecule has 0 atom stereocenters. The zero-order valence-corrected chi connectivity index (χ0v) is 11.5. The zero-order chi connectivity index (χ0) is 14.7. The Morgan fingerprint density at radius 1 is 1.25 bits per heavy atom. The van der Waals surface area contributed by atoms with Crippen LogP contribution >= 0.6 is 15.9 Å². The maximum Gasteiger partial charge on any atom is 0.356 e. The minimum atomic E-state index is -1.29. The number of aromatic nitrogens is 2. The minimum absolute atomic E-state index is 0.119. The topological polar surface area (TPSA) is 97.2 Å². The summed E-state index contributed by atoms with van der Waals surface area (Å²) < 4.78 is 0.119. The molecule has 1 N–H and O–H groups in total. The van der Waals surface area contributed by atoms with Crippen molar-refractivity contribution >= 4 is 34.0 Å². The Bertz CT molecular complexity index is 715. The van der Waals surface area contributed by atoms with Crippen molar-refractivity contribution in [2.45, 2.75) is 0 Å². The van der Waals surface area contributed by atoms with E-state index < -0.39 is 11.8 Å². The highest BCUT2D eigenvalue weighted by Crippen LogP contribution is 2.18. The number of carboxylic acid groups (broad SMARTS) is 1. The van der Waals surface area contributed by atoms with Gasteiger partial charge in [-0.1, -0.05) is 24.3 Å². The molecule has 100 valence electrons. The summed E-state index contributed by atoms with van der Waals surface area (Å²) in [5.41, 5.74) is -0.161. The van der Waals surface area contributed by atoms with Crippen molar-refractivity contribution in [3.05, 3.63) is 57.6 Å². The molecule has 0 aliphatic heterocycles. The van der Waals surface area contributed by atoms with Gasteiger partial charge in [-0.2, -0.15) is 0 Å². The third-order valence-corrected chi connectivity index (χ3v) is 3.07. The number of hydrogen-bond acceptors (Lipinski definition) is 5. The monoisotopic (exact) mass is 334 g/mol. The van der Waals surface area contributed by atoms with Crippen LogP contribution in [-0.4, -0.2) is 33.1 Å². The Hall–Kier alpha value is -2.41. The summed E-state index contributed by atoms with van der Waals surface area (Å²) >= 11 is 3.05. The Balaban J connectivity index is 2.56. The molecule has 1 aromatic heterocycles. The van der Waals surface area contributed by atoms with Crippen molar-refractivity contribution in [3.63, 3.8) is 0 Å². The molecule has 20 heavy (non-hydrogen) atoms. The van der Waals surface area contributed by atoms with E-state index >= 15 is 0 Å². The highest BCUT2D eigenvalue weighted by molar-refractivity contribution is 9.10. The second kappa shape index (κ2) is 5.70. The van der Waals surface area contributed by atoms with E-state index in [9.17, 15) is 14.4 Å². The molecule has 7 heteroatoms. The van der Waals surface area contributed by atoms with Gasteiger partial charge in [-0.3, -0.25) is 9.59 Å². The molecule has 1 heterocycles. The van der Waals surface area contributed by atoms with Crippen LogP contribution in [0.15, 0.2) is 35.1 Å². The molecule has 0 aliphatic carbocycles. The fourth-order valence-electron chi connectivity index (χ4n) is 1.56. The maximum atomic E-state index is 12.3. The van der Waals surface area contributed by atoms with Crippen molar-refractivity contribution in [1.82, 2.24) is 9.97 Å². The summed E-state index contributed by atoms with van der Waals surface area (Å²) in [6, 6.07) is 6.17. The Labute approximate surface area is 121 Å². The number of nitrogens with zero attached hydrogens (tertiary/aromatic N) is 2. The van der Waals surface area contributed by atoms with Gasteiger partial charge in [0.15, 0.2) is 12.0 Å². The van der Waals surface area contributed by atoms with Gasteiger partial charge in [0.2, 0.25) is 5.78 Å². The molecule has 0 spiro atoms. The lowest BCUT2D eigenvalue weighted by Crippen LogP contribution is -2.12. The van der Waals surface area contributed by atoms with E-state index in [1.54, 1.807) is 12.1 Å². The summed E-state index contributed by atoms with van der Waals surface area (Å²) in [5, 5.41) is 8.87. The third-order valence-electron chi connectivity index (χ3n) is 2.49. The van der Waals surface area contributed by atoms with Crippen molar-refractivity contribution in [3.8, 4) is 0 Å². The first-order valence-electron chi connectivity index (χ1n) is 5.39. The van der Waals surface area contributed by atoms with E-state index in [1.807, 2.05) is 0 Å². The molecule has 1 aromatic carbocycles. The van der Waals surface area contributed by atoms with Crippen molar-refractivity contribution in [2.75, 3.05) is 0 Å². The number of aromatic carboxylic acids is 1. The van der Waals surface area contributed by atoms with Gasteiger partial charge < -0.3 is 5.11 Å². The molecule has 0 saturated heterocycles. The Kier molecular flexibility index (Phi) is 3.99. The van der Waals surface area contributed by atoms with Crippen LogP contribution in [0.2, 0.25) is 0 Å². The van der Waals surface area contributed by atoms with Crippen LogP contribution in [0.1, 0.15) is 36.9 Å². The highest BCUT2D eigenvalue weighted by Gasteiger charge is 2.20. The normalized spacial score (nSPS) is 10.1. The Morgan fingerprint density at radius 2 is 1.95 bits per heavy atom. The van der Waals surface area contributed by atoms with Crippen LogP contribution in [0.25, 0.3) is 0 Å². The van der Waals surface area contributed by atoms with Crippen LogP contribution in [0.3, 0.4) is 0 Å². The predicted molar refractivity (Wildman–Crippen MR) is 72.0 cm³/mol. The molecule has 0 aliphatic rings. The van der Waals surface area contributed by atoms with Crippen LogP contribution in [-0.2, 0) is 0 Å². The number of rotatable bonds is 4. The molecule has 2 rings (SSSR count). The van der Waals surface area contributed by atoms with Gasteiger partial charge >= 0.3 is 5.97 Å². The van der Waals surface area contributed by atoms with Crippen LogP contribution in [0, 0.1) is 0 Å². The number of aldehydes is 1. The lowest BCUT2D eigenvalue weighted by molar-refractivity contribution is 0.0689. The van der Waals surface area contributed by atoms with Crippen molar-refractivity contribution < 1.29 is 19.5 Å². The first-order chi connectivity index (χ1) is 9.54. The van der Waals surface area contributed by atoms with Gasteiger partial charge in [0.25, 0.3) is 0 Å². The van der Waals surface area contributed by atoms with E-state index in [1.165, 1.54) is 12.1 Å². The number of carbonyl (C=O) groups excluding carboxylic acids is 2. The number of carbonyl (C=O) groups is 3. The average Bonchev–Trinajstić information content (AvgIpc) is 2.46. The van der Waals surface area contributed by atoms with E-state index in [0.717, 1.165) is 6.20 Å². The van der Waals surface area contributed by atoms with Gasteiger partial charge in [-0.15, -0.1) is 0 Å². The van der Waals surface area contributed by atoms with Gasteiger partial charge in [-0.05, 0) is 15.9 Å². The second-order valence-corrected chi connectivity index (χ2v) is 4.49. The molecule has 0 bridgehead atoms. The summed E-state index contributed by atoms with van der Waals surface area (Å²) in [6.07, 6.45) is 1.59. The third kappa shape index (κ3) is 2.62. The van der Waals surface area contributed by atoms with Crippen LogP contribution < -0.4 is 0 Å². The Morgan fingerprint density at radius 3 is 2.60 bits per heavy atom. The van der Waals surface area contributed by atoms with E-state index in [0.29, 0.717) is 6.29 Å². The van der Waals surface area contributed by atoms with Gasteiger partial charge in [-0.25, -0.2) is 14.8 Å². The molecule has 0 unspecified atom stereocenters. The fourth-order valence-corrected chi connectivity index (χ4v) is 1.93. The SMILES string of the molecule is O=Cc1ccccc1C(=O)c1nc(C(=O)O)cnc1Br. The maximum absolute atomic E-state index is 12.3. The predicted octanol–water partition coefficient (Wildman–Crippen LogP) is 1.98. The quantitative estimate of drug-likeness (QED) is 0.678. The van der Waals surface area contributed by atoms with E-state index in [-0.39, 0.29) is 27.1 Å². The van der Waals surface area contributed by atoms with Crippen LogP contribution in [0.4, 0.5) is 0 Å². The lowest BCUT2D eigenvalue weighted by Gasteiger charge is -2.05. The molecular weight excluding hydrogens is 328 g/mol. The molecule has 0 saturated carbocycles. The molecular formula is C13H7BrN2O4. The zero-order valence-electron chi connectivity index (χ0n) is 9.91. The van der Waals surface area contributed by atoms with Crippen molar-refractivity contribution in [2.24, 2.45) is 0 Å². The molecule has 0 fully saturated rings.